The maximum atomic E-state index is 11.7. The van der Waals surface area contributed by atoms with Crippen molar-refractivity contribution in [3.63, 3.8) is 0 Å². The van der Waals surface area contributed by atoms with Crippen LogP contribution in [0, 0.1) is 0 Å². The molecule has 0 aliphatic carbocycles. The van der Waals surface area contributed by atoms with Gasteiger partial charge in [-0.15, -0.1) is 0 Å². The van der Waals surface area contributed by atoms with E-state index in [1.54, 1.807) is 25.3 Å². The number of nitrogens with zero attached hydrogens (tertiary/aromatic N) is 1. The lowest BCUT2D eigenvalue weighted by Crippen LogP contribution is -2.41. The van der Waals surface area contributed by atoms with E-state index in [2.05, 4.69) is 15.6 Å². The predicted octanol–water partition coefficient (Wildman–Crippen LogP) is 0.923. The first-order valence-electron chi connectivity index (χ1n) is 5.68. The number of ether oxygens (including phenoxy) is 1. The van der Waals surface area contributed by atoms with Crippen LogP contribution in [0.5, 0.6) is 5.75 Å². The summed E-state index contributed by atoms with van der Waals surface area (Å²) in [6.07, 6.45) is 1.60. The fourth-order valence-corrected chi connectivity index (χ4v) is 1.74. The maximum absolute atomic E-state index is 11.7. The van der Waals surface area contributed by atoms with Crippen molar-refractivity contribution < 1.29 is 14.3 Å². The minimum absolute atomic E-state index is 0.0581. The van der Waals surface area contributed by atoms with Crippen molar-refractivity contribution in [3.05, 3.63) is 24.0 Å². The minimum atomic E-state index is -1.12. The number of pyridine rings is 1. The van der Waals surface area contributed by atoms with Gasteiger partial charge in [-0.1, -0.05) is 0 Å². The standard InChI is InChI=1S/C12H15N3O3/c1-7(2)18-8-4-5-9(13-6-8)12(3)10(16)14-11(17)15-12/h4-7H,1-3H3,(H2,14,15,16,17). The molecule has 3 amide bonds. The Labute approximate surface area is 105 Å². The van der Waals surface area contributed by atoms with Gasteiger partial charge in [-0.2, -0.15) is 0 Å². The van der Waals surface area contributed by atoms with Crippen molar-refractivity contribution in [1.29, 1.82) is 0 Å². The molecule has 1 fully saturated rings. The Bertz CT molecular complexity index is 484. The molecule has 2 rings (SSSR count). The molecule has 1 aliphatic heterocycles. The van der Waals surface area contributed by atoms with E-state index in [0.717, 1.165) is 0 Å². The van der Waals surface area contributed by atoms with Crippen molar-refractivity contribution in [2.24, 2.45) is 0 Å². The van der Waals surface area contributed by atoms with Gasteiger partial charge in [0.05, 0.1) is 18.0 Å². The van der Waals surface area contributed by atoms with E-state index in [1.807, 2.05) is 13.8 Å². The summed E-state index contributed by atoms with van der Waals surface area (Å²) in [6.45, 7) is 5.44. The van der Waals surface area contributed by atoms with Crippen LogP contribution in [0.4, 0.5) is 4.79 Å². The highest BCUT2D eigenvalue weighted by molar-refractivity contribution is 6.06. The van der Waals surface area contributed by atoms with E-state index in [4.69, 9.17) is 4.74 Å². The molecule has 0 bridgehead atoms. The predicted molar refractivity (Wildman–Crippen MR) is 64.0 cm³/mol. The monoisotopic (exact) mass is 249 g/mol. The van der Waals surface area contributed by atoms with Crippen LogP contribution in [-0.2, 0) is 10.3 Å². The van der Waals surface area contributed by atoms with Crippen molar-refractivity contribution in [1.82, 2.24) is 15.6 Å². The number of nitrogens with one attached hydrogen (secondary N) is 2. The molecular formula is C12H15N3O3. The van der Waals surface area contributed by atoms with E-state index in [9.17, 15) is 9.59 Å². The van der Waals surface area contributed by atoms with E-state index in [-0.39, 0.29) is 6.10 Å². The van der Waals surface area contributed by atoms with Crippen LogP contribution in [0.3, 0.4) is 0 Å². The third-order valence-electron chi connectivity index (χ3n) is 2.67. The number of urea groups is 1. The highest BCUT2D eigenvalue weighted by Gasteiger charge is 2.44. The van der Waals surface area contributed by atoms with Crippen LogP contribution in [0.2, 0.25) is 0 Å². The van der Waals surface area contributed by atoms with Crippen LogP contribution in [0.25, 0.3) is 0 Å². The summed E-state index contributed by atoms with van der Waals surface area (Å²) in [4.78, 5) is 27.0. The zero-order valence-corrected chi connectivity index (χ0v) is 10.5. The lowest BCUT2D eigenvalue weighted by atomic mass is 9.98. The first kappa shape index (κ1) is 12.3. The highest BCUT2D eigenvalue weighted by Crippen LogP contribution is 2.24. The molecule has 1 aliphatic rings. The number of rotatable bonds is 3. The fraction of sp³-hybridized carbons (Fsp3) is 0.417. The summed E-state index contributed by atoms with van der Waals surface area (Å²) >= 11 is 0. The zero-order chi connectivity index (χ0) is 13.3. The van der Waals surface area contributed by atoms with Gasteiger partial charge in [0.1, 0.15) is 5.75 Å². The molecule has 0 radical (unpaired) electrons. The number of carbonyl (C=O) groups excluding carboxylic acids is 2. The second-order valence-corrected chi connectivity index (χ2v) is 4.58. The van der Waals surface area contributed by atoms with E-state index in [1.165, 1.54) is 0 Å². The van der Waals surface area contributed by atoms with Gasteiger partial charge in [0.15, 0.2) is 5.54 Å². The number of carbonyl (C=O) groups is 2. The largest absolute Gasteiger partial charge is 0.489 e. The fourth-order valence-electron chi connectivity index (χ4n) is 1.74. The molecule has 0 aromatic carbocycles. The summed E-state index contributed by atoms with van der Waals surface area (Å²) in [5, 5.41) is 4.75. The number of imide groups is 1. The molecule has 18 heavy (non-hydrogen) atoms. The molecule has 1 atom stereocenters. The Morgan fingerprint density at radius 3 is 2.50 bits per heavy atom. The van der Waals surface area contributed by atoms with Gasteiger partial charge < -0.3 is 10.1 Å². The lowest BCUT2D eigenvalue weighted by molar-refractivity contribution is -0.123. The Balaban J connectivity index is 2.24. The molecule has 2 heterocycles. The molecule has 6 nitrogen and oxygen atoms in total. The average Bonchev–Trinajstić information content (AvgIpc) is 2.53. The normalized spacial score (nSPS) is 22.9. The minimum Gasteiger partial charge on any atom is -0.489 e. The summed E-state index contributed by atoms with van der Waals surface area (Å²) in [7, 11) is 0. The number of aromatic nitrogens is 1. The lowest BCUT2D eigenvalue weighted by Gasteiger charge is -2.20. The molecule has 1 unspecified atom stereocenters. The molecule has 96 valence electrons. The molecular weight excluding hydrogens is 234 g/mol. The summed E-state index contributed by atoms with van der Waals surface area (Å²) in [6, 6.07) is 2.89. The van der Waals surface area contributed by atoms with Crippen LogP contribution in [0.15, 0.2) is 18.3 Å². The van der Waals surface area contributed by atoms with Gasteiger partial charge in [-0.25, -0.2) is 4.79 Å². The quantitative estimate of drug-likeness (QED) is 0.781. The second-order valence-electron chi connectivity index (χ2n) is 4.58. The molecule has 6 heteroatoms. The molecule has 1 aromatic heterocycles. The molecule has 2 N–H and O–H groups in total. The van der Waals surface area contributed by atoms with Gasteiger partial charge in [0, 0.05) is 0 Å². The first-order chi connectivity index (χ1) is 8.41. The molecule has 1 saturated heterocycles. The number of hydrogen-bond donors (Lipinski definition) is 2. The van der Waals surface area contributed by atoms with Gasteiger partial charge in [0.2, 0.25) is 0 Å². The maximum Gasteiger partial charge on any atom is 0.322 e. The molecule has 0 saturated carbocycles. The third kappa shape index (κ3) is 2.13. The second kappa shape index (κ2) is 4.29. The van der Waals surface area contributed by atoms with Crippen LogP contribution < -0.4 is 15.4 Å². The van der Waals surface area contributed by atoms with Crippen molar-refractivity contribution in [2.75, 3.05) is 0 Å². The number of amides is 3. The Morgan fingerprint density at radius 2 is 2.06 bits per heavy atom. The highest BCUT2D eigenvalue weighted by atomic mass is 16.5. The van der Waals surface area contributed by atoms with Crippen LogP contribution in [0.1, 0.15) is 26.5 Å². The number of hydrogen-bond acceptors (Lipinski definition) is 4. The molecule has 1 aromatic rings. The topological polar surface area (TPSA) is 80.3 Å². The molecule has 0 spiro atoms. The SMILES string of the molecule is CC(C)Oc1ccc(C2(C)NC(=O)NC2=O)nc1. The van der Waals surface area contributed by atoms with Gasteiger partial charge in [-0.3, -0.25) is 15.1 Å². The first-order valence-corrected chi connectivity index (χ1v) is 5.68. The Kier molecular flexibility index (Phi) is 2.94. The van der Waals surface area contributed by atoms with Gasteiger partial charge in [0.25, 0.3) is 5.91 Å². The van der Waals surface area contributed by atoms with Crippen LogP contribution in [-0.4, -0.2) is 23.0 Å². The van der Waals surface area contributed by atoms with Crippen molar-refractivity contribution in [2.45, 2.75) is 32.4 Å². The summed E-state index contributed by atoms with van der Waals surface area (Å²) < 4.78 is 5.46. The average molecular weight is 249 g/mol. The van der Waals surface area contributed by atoms with E-state index in [0.29, 0.717) is 11.4 Å². The summed E-state index contributed by atoms with van der Waals surface area (Å²) in [5.41, 5.74) is -0.644. The van der Waals surface area contributed by atoms with Crippen LogP contribution >= 0.6 is 0 Å². The smallest absolute Gasteiger partial charge is 0.322 e. The van der Waals surface area contributed by atoms with E-state index < -0.39 is 17.5 Å². The Hall–Kier alpha value is -2.11. The van der Waals surface area contributed by atoms with Crippen molar-refractivity contribution >= 4 is 11.9 Å². The van der Waals surface area contributed by atoms with Gasteiger partial charge in [-0.05, 0) is 32.9 Å². The summed E-state index contributed by atoms with van der Waals surface area (Å²) in [5.74, 6) is 0.222. The third-order valence-corrected chi connectivity index (χ3v) is 2.67. The van der Waals surface area contributed by atoms with E-state index >= 15 is 0 Å². The van der Waals surface area contributed by atoms with Gasteiger partial charge >= 0.3 is 6.03 Å². The zero-order valence-electron chi connectivity index (χ0n) is 10.5. The van der Waals surface area contributed by atoms with Crippen molar-refractivity contribution in [3.8, 4) is 5.75 Å². The Morgan fingerprint density at radius 1 is 1.33 bits per heavy atom.